The van der Waals surface area contributed by atoms with E-state index in [1.807, 2.05) is 0 Å². The fraction of sp³-hybridized carbons (Fsp3) is 0.381. The van der Waals surface area contributed by atoms with Crippen molar-refractivity contribution in [3.63, 3.8) is 0 Å². The van der Waals surface area contributed by atoms with Crippen molar-refractivity contribution in [1.29, 1.82) is 0 Å². The number of aryl methyl sites for hydroxylation is 1. The van der Waals surface area contributed by atoms with Crippen LogP contribution < -0.4 is 5.32 Å². The molecule has 1 atom stereocenters. The molecule has 2 aromatic rings. The van der Waals surface area contributed by atoms with Gasteiger partial charge in [0.25, 0.3) is 0 Å². The second-order valence-corrected chi connectivity index (χ2v) is 10.1. The van der Waals surface area contributed by atoms with Crippen molar-refractivity contribution >= 4 is 39.3 Å². The molecular formula is C21H24ClFN4O4S. The molecule has 0 spiro atoms. The molecule has 0 bridgehead atoms. The summed E-state index contributed by atoms with van der Waals surface area (Å²) in [7, 11) is -3.10. The van der Waals surface area contributed by atoms with Gasteiger partial charge in [0.15, 0.2) is 9.84 Å². The molecular weight excluding hydrogens is 459 g/mol. The molecule has 1 N–H and O–H groups in total. The molecule has 0 saturated carbocycles. The van der Waals surface area contributed by atoms with Crippen LogP contribution >= 0.6 is 11.6 Å². The number of amides is 2. The molecule has 1 unspecified atom stereocenters. The van der Waals surface area contributed by atoms with Crippen LogP contribution in [0.15, 0.2) is 30.3 Å². The van der Waals surface area contributed by atoms with Gasteiger partial charge in [-0.1, -0.05) is 11.6 Å². The molecule has 1 fully saturated rings. The van der Waals surface area contributed by atoms with Gasteiger partial charge in [0.05, 0.1) is 29.4 Å². The van der Waals surface area contributed by atoms with E-state index in [9.17, 15) is 22.4 Å². The molecule has 0 radical (unpaired) electrons. The van der Waals surface area contributed by atoms with Crippen molar-refractivity contribution in [3.05, 3.63) is 52.6 Å². The Morgan fingerprint density at radius 3 is 2.62 bits per heavy atom. The van der Waals surface area contributed by atoms with Crippen molar-refractivity contribution in [2.45, 2.75) is 26.3 Å². The second-order valence-electron chi connectivity index (χ2n) is 7.53. The fourth-order valence-electron chi connectivity index (χ4n) is 3.41. The molecule has 32 heavy (non-hydrogen) atoms. The van der Waals surface area contributed by atoms with Crippen molar-refractivity contribution in [2.24, 2.45) is 0 Å². The number of likely N-dealkylation sites (N-methyl/N-ethyl adjacent to an activating group) is 1. The Labute approximate surface area is 191 Å². The van der Waals surface area contributed by atoms with Crippen molar-refractivity contribution in [3.8, 4) is 5.69 Å². The van der Waals surface area contributed by atoms with Crippen LogP contribution in [0, 0.1) is 12.7 Å². The lowest BCUT2D eigenvalue weighted by Crippen LogP contribution is -2.44. The van der Waals surface area contributed by atoms with E-state index in [1.54, 1.807) is 26.0 Å². The fourth-order valence-corrected chi connectivity index (χ4v) is 5.42. The molecule has 3 rings (SSSR count). The number of sulfone groups is 1. The molecule has 1 saturated heterocycles. The highest BCUT2D eigenvalue weighted by atomic mass is 35.5. The molecule has 172 valence electrons. The summed E-state index contributed by atoms with van der Waals surface area (Å²) in [5.41, 5.74) is 1.68. The maximum absolute atomic E-state index is 13.2. The Hall–Kier alpha value is -2.72. The number of aromatic nitrogens is 2. The first kappa shape index (κ1) is 23.9. The van der Waals surface area contributed by atoms with Gasteiger partial charge in [-0.2, -0.15) is 5.10 Å². The number of nitrogens with zero attached hydrogens (tertiary/aromatic N) is 3. The van der Waals surface area contributed by atoms with Gasteiger partial charge in [0.1, 0.15) is 11.0 Å². The van der Waals surface area contributed by atoms with Gasteiger partial charge in [0.2, 0.25) is 11.8 Å². The van der Waals surface area contributed by atoms with E-state index in [4.69, 9.17) is 11.6 Å². The second kappa shape index (κ2) is 9.83. The molecule has 1 aliphatic heterocycles. The summed E-state index contributed by atoms with van der Waals surface area (Å²) in [6, 6.07) is 5.26. The van der Waals surface area contributed by atoms with Crippen LogP contribution in [-0.4, -0.2) is 65.5 Å². The van der Waals surface area contributed by atoms with Crippen LogP contribution in [0.5, 0.6) is 0 Å². The minimum atomic E-state index is -3.10. The smallest absolute Gasteiger partial charge is 0.247 e. The summed E-state index contributed by atoms with van der Waals surface area (Å²) >= 11 is 6.42. The van der Waals surface area contributed by atoms with E-state index in [0.717, 1.165) is 0 Å². The highest BCUT2D eigenvalue weighted by Gasteiger charge is 2.29. The first-order valence-corrected chi connectivity index (χ1v) is 12.3. The molecule has 8 nitrogen and oxygen atoms in total. The zero-order chi connectivity index (χ0) is 23.5. The quantitative estimate of drug-likeness (QED) is 0.609. The lowest BCUT2D eigenvalue weighted by Gasteiger charge is -2.20. The van der Waals surface area contributed by atoms with Crippen LogP contribution in [0.3, 0.4) is 0 Å². The molecule has 1 aromatic heterocycles. The highest BCUT2D eigenvalue weighted by Crippen LogP contribution is 2.25. The van der Waals surface area contributed by atoms with Gasteiger partial charge >= 0.3 is 0 Å². The average Bonchev–Trinajstić information content (AvgIpc) is 3.22. The van der Waals surface area contributed by atoms with Gasteiger partial charge in [-0.05, 0) is 50.6 Å². The van der Waals surface area contributed by atoms with E-state index >= 15 is 0 Å². The molecule has 2 heterocycles. The zero-order valence-corrected chi connectivity index (χ0v) is 19.3. The topological polar surface area (TPSA) is 101 Å². The number of rotatable bonds is 7. The van der Waals surface area contributed by atoms with Crippen molar-refractivity contribution < 1.29 is 22.4 Å². The minimum Gasteiger partial charge on any atom is -0.351 e. The standard InChI is InChI=1S/C21H24ClFN4O4S/c1-3-26(12-19(28)24-16-10-11-32(30,31)13-16)20(29)9-8-18-14(2)25-27(21(18)22)17-6-4-15(23)5-7-17/h4-9,16H,3,10-13H2,1-2H3,(H,24,28). The summed E-state index contributed by atoms with van der Waals surface area (Å²) in [5, 5.41) is 7.28. The largest absolute Gasteiger partial charge is 0.351 e. The highest BCUT2D eigenvalue weighted by molar-refractivity contribution is 7.91. The summed E-state index contributed by atoms with van der Waals surface area (Å²) in [5.74, 6) is -1.20. The molecule has 2 amide bonds. The Morgan fingerprint density at radius 2 is 2.03 bits per heavy atom. The number of hydrogen-bond donors (Lipinski definition) is 1. The van der Waals surface area contributed by atoms with E-state index in [-0.39, 0.29) is 29.0 Å². The van der Waals surface area contributed by atoms with Gasteiger partial charge in [0, 0.05) is 24.2 Å². The normalized spacial score (nSPS) is 17.6. The molecule has 1 aromatic carbocycles. The monoisotopic (exact) mass is 482 g/mol. The Bertz CT molecular complexity index is 1150. The summed E-state index contributed by atoms with van der Waals surface area (Å²) in [6.45, 7) is 3.58. The summed E-state index contributed by atoms with van der Waals surface area (Å²) in [6.07, 6.45) is 3.21. The maximum Gasteiger partial charge on any atom is 0.247 e. The van der Waals surface area contributed by atoms with E-state index < -0.39 is 27.7 Å². The number of halogens is 2. The summed E-state index contributed by atoms with van der Waals surface area (Å²) in [4.78, 5) is 26.2. The number of carbonyl (C=O) groups is 2. The number of benzene rings is 1. The first-order valence-electron chi connectivity index (χ1n) is 10.1. The Balaban J connectivity index is 1.66. The Kier molecular flexibility index (Phi) is 7.35. The van der Waals surface area contributed by atoms with Crippen molar-refractivity contribution in [2.75, 3.05) is 24.6 Å². The number of hydrogen-bond acceptors (Lipinski definition) is 5. The van der Waals surface area contributed by atoms with Crippen LogP contribution in [0.2, 0.25) is 5.15 Å². The van der Waals surface area contributed by atoms with Crippen LogP contribution in [0.25, 0.3) is 11.8 Å². The van der Waals surface area contributed by atoms with Gasteiger partial charge in [-0.25, -0.2) is 17.5 Å². The average molecular weight is 483 g/mol. The van der Waals surface area contributed by atoms with E-state index in [1.165, 1.54) is 33.9 Å². The molecule has 11 heteroatoms. The predicted octanol–water partition coefficient (Wildman–Crippen LogP) is 2.14. The lowest BCUT2D eigenvalue weighted by atomic mass is 10.2. The third-order valence-corrected chi connectivity index (χ3v) is 7.27. The zero-order valence-electron chi connectivity index (χ0n) is 17.7. The van der Waals surface area contributed by atoms with Crippen LogP contribution in [0.1, 0.15) is 24.6 Å². The van der Waals surface area contributed by atoms with Gasteiger partial charge in [-0.15, -0.1) is 0 Å². The third kappa shape index (κ3) is 5.74. The lowest BCUT2D eigenvalue weighted by molar-refractivity contribution is -0.132. The van der Waals surface area contributed by atoms with Gasteiger partial charge in [-0.3, -0.25) is 9.59 Å². The van der Waals surface area contributed by atoms with Crippen molar-refractivity contribution in [1.82, 2.24) is 20.0 Å². The molecule has 0 aliphatic carbocycles. The first-order chi connectivity index (χ1) is 15.1. The van der Waals surface area contributed by atoms with Gasteiger partial charge < -0.3 is 10.2 Å². The van der Waals surface area contributed by atoms with E-state index in [2.05, 4.69) is 10.4 Å². The number of carbonyl (C=O) groups excluding carboxylic acids is 2. The maximum atomic E-state index is 13.2. The Morgan fingerprint density at radius 1 is 1.34 bits per heavy atom. The minimum absolute atomic E-state index is 0.0584. The van der Waals surface area contributed by atoms with E-state index in [0.29, 0.717) is 29.9 Å². The summed E-state index contributed by atoms with van der Waals surface area (Å²) < 4.78 is 37.7. The third-order valence-electron chi connectivity index (χ3n) is 5.14. The predicted molar refractivity (Wildman–Crippen MR) is 120 cm³/mol. The molecule has 1 aliphatic rings. The number of nitrogens with one attached hydrogen (secondary N) is 1. The SMILES string of the molecule is CCN(CC(=O)NC1CCS(=O)(=O)C1)C(=O)C=Cc1c(C)nn(-c2ccc(F)cc2)c1Cl. The van der Waals surface area contributed by atoms with Crippen LogP contribution in [0.4, 0.5) is 4.39 Å². The van der Waals surface area contributed by atoms with Crippen LogP contribution in [-0.2, 0) is 19.4 Å².